The SMILES string of the molecule is CCn1ncc(-c2cccc(C(C)N3CCCC3)c2)c1C. The molecule has 1 saturated heterocycles. The lowest BCUT2D eigenvalue weighted by molar-refractivity contribution is 0.263. The van der Waals surface area contributed by atoms with Gasteiger partial charge in [-0.2, -0.15) is 5.10 Å². The van der Waals surface area contributed by atoms with Gasteiger partial charge in [-0.05, 0) is 63.9 Å². The maximum absolute atomic E-state index is 4.47. The minimum atomic E-state index is 0.508. The van der Waals surface area contributed by atoms with Crippen LogP contribution in [0.25, 0.3) is 11.1 Å². The molecule has 0 bridgehead atoms. The first kappa shape index (κ1) is 14.3. The first-order valence-electron chi connectivity index (χ1n) is 8.07. The Morgan fingerprint density at radius 1 is 1.24 bits per heavy atom. The third-order valence-corrected chi connectivity index (χ3v) is 4.77. The van der Waals surface area contributed by atoms with Crippen LogP contribution in [-0.4, -0.2) is 27.8 Å². The van der Waals surface area contributed by atoms with E-state index in [1.54, 1.807) is 0 Å². The minimum Gasteiger partial charge on any atom is -0.297 e. The topological polar surface area (TPSA) is 21.1 Å². The van der Waals surface area contributed by atoms with Crippen molar-refractivity contribution in [3.8, 4) is 11.1 Å². The molecule has 1 unspecified atom stereocenters. The highest BCUT2D eigenvalue weighted by Gasteiger charge is 2.19. The van der Waals surface area contributed by atoms with Gasteiger partial charge in [0.25, 0.3) is 0 Å². The number of likely N-dealkylation sites (tertiary alicyclic amines) is 1. The fourth-order valence-electron chi connectivity index (χ4n) is 3.35. The van der Waals surface area contributed by atoms with Gasteiger partial charge < -0.3 is 0 Å². The van der Waals surface area contributed by atoms with Crippen LogP contribution < -0.4 is 0 Å². The Kier molecular flexibility index (Phi) is 4.11. The molecule has 0 radical (unpaired) electrons. The van der Waals surface area contributed by atoms with Crippen molar-refractivity contribution < 1.29 is 0 Å². The molecule has 2 heterocycles. The van der Waals surface area contributed by atoms with Gasteiger partial charge >= 0.3 is 0 Å². The summed E-state index contributed by atoms with van der Waals surface area (Å²) in [5.74, 6) is 0. The first-order valence-corrected chi connectivity index (χ1v) is 8.07. The molecule has 0 aliphatic carbocycles. The standard InChI is InChI=1S/C18H25N3/c1-4-21-15(3)18(13-19-21)17-9-7-8-16(12-17)14(2)20-10-5-6-11-20/h7-9,12-14H,4-6,10-11H2,1-3H3. The van der Waals surface area contributed by atoms with E-state index in [9.17, 15) is 0 Å². The van der Waals surface area contributed by atoms with Crippen LogP contribution in [-0.2, 0) is 6.54 Å². The summed E-state index contributed by atoms with van der Waals surface area (Å²) in [5, 5.41) is 4.47. The molecule has 21 heavy (non-hydrogen) atoms. The molecule has 0 spiro atoms. The number of benzene rings is 1. The lowest BCUT2D eigenvalue weighted by Gasteiger charge is -2.24. The van der Waals surface area contributed by atoms with Crippen molar-refractivity contribution in [3.05, 3.63) is 41.7 Å². The summed E-state index contributed by atoms with van der Waals surface area (Å²) in [7, 11) is 0. The van der Waals surface area contributed by atoms with E-state index < -0.39 is 0 Å². The van der Waals surface area contributed by atoms with Gasteiger partial charge in [0.15, 0.2) is 0 Å². The summed E-state index contributed by atoms with van der Waals surface area (Å²) >= 11 is 0. The highest BCUT2D eigenvalue weighted by molar-refractivity contribution is 5.66. The molecule has 1 atom stereocenters. The van der Waals surface area contributed by atoms with Crippen molar-refractivity contribution in [2.24, 2.45) is 0 Å². The van der Waals surface area contributed by atoms with E-state index in [2.05, 4.69) is 59.7 Å². The highest BCUT2D eigenvalue weighted by atomic mass is 15.3. The van der Waals surface area contributed by atoms with Crippen molar-refractivity contribution in [1.29, 1.82) is 0 Å². The van der Waals surface area contributed by atoms with Gasteiger partial charge in [0.2, 0.25) is 0 Å². The van der Waals surface area contributed by atoms with E-state index in [-0.39, 0.29) is 0 Å². The van der Waals surface area contributed by atoms with Crippen LogP contribution in [0.5, 0.6) is 0 Å². The van der Waals surface area contributed by atoms with Gasteiger partial charge in [-0.25, -0.2) is 0 Å². The van der Waals surface area contributed by atoms with E-state index in [0.29, 0.717) is 6.04 Å². The van der Waals surface area contributed by atoms with E-state index in [0.717, 1.165) is 6.54 Å². The molecule has 2 aromatic rings. The lowest BCUT2D eigenvalue weighted by atomic mass is 10.00. The van der Waals surface area contributed by atoms with Gasteiger partial charge in [0, 0.05) is 23.8 Å². The highest BCUT2D eigenvalue weighted by Crippen LogP contribution is 2.29. The molecule has 3 nitrogen and oxygen atoms in total. The van der Waals surface area contributed by atoms with Crippen molar-refractivity contribution >= 4 is 0 Å². The maximum atomic E-state index is 4.47. The van der Waals surface area contributed by atoms with Crippen LogP contribution in [0.3, 0.4) is 0 Å². The predicted octanol–water partition coefficient (Wildman–Crippen LogP) is 4.04. The smallest absolute Gasteiger partial charge is 0.0571 e. The number of nitrogens with zero attached hydrogens (tertiary/aromatic N) is 3. The second-order valence-corrected chi connectivity index (χ2v) is 6.00. The van der Waals surface area contributed by atoms with Crippen LogP contribution in [0, 0.1) is 6.92 Å². The molecule has 3 rings (SSSR count). The van der Waals surface area contributed by atoms with Gasteiger partial charge in [-0.1, -0.05) is 18.2 Å². The number of hydrogen-bond acceptors (Lipinski definition) is 2. The molecule has 1 aromatic heterocycles. The van der Waals surface area contributed by atoms with Crippen LogP contribution in [0.1, 0.15) is 44.0 Å². The molecule has 1 aliphatic rings. The molecular weight excluding hydrogens is 258 g/mol. The lowest BCUT2D eigenvalue weighted by Crippen LogP contribution is -2.23. The summed E-state index contributed by atoms with van der Waals surface area (Å²) in [4.78, 5) is 2.58. The normalized spacial score (nSPS) is 17.3. The summed E-state index contributed by atoms with van der Waals surface area (Å²) in [6.45, 7) is 10.0. The molecule has 1 aromatic carbocycles. The van der Waals surface area contributed by atoms with Crippen LogP contribution >= 0.6 is 0 Å². The summed E-state index contributed by atoms with van der Waals surface area (Å²) < 4.78 is 2.06. The Bertz CT molecular complexity index is 609. The Morgan fingerprint density at radius 2 is 2.00 bits per heavy atom. The Hall–Kier alpha value is -1.61. The maximum Gasteiger partial charge on any atom is 0.0571 e. The summed E-state index contributed by atoms with van der Waals surface area (Å²) in [6, 6.07) is 9.48. The molecule has 1 fully saturated rings. The number of hydrogen-bond donors (Lipinski definition) is 0. The number of aryl methyl sites for hydroxylation is 1. The second-order valence-electron chi connectivity index (χ2n) is 6.00. The van der Waals surface area contributed by atoms with Gasteiger partial charge in [-0.15, -0.1) is 0 Å². The third-order valence-electron chi connectivity index (χ3n) is 4.77. The Labute approximate surface area is 127 Å². The predicted molar refractivity (Wildman–Crippen MR) is 87.3 cm³/mol. The molecule has 0 saturated carbocycles. The molecule has 1 aliphatic heterocycles. The average Bonchev–Trinajstić information content (AvgIpc) is 3.16. The van der Waals surface area contributed by atoms with Gasteiger partial charge in [-0.3, -0.25) is 9.58 Å². The molecule has 0 N–H and O–H groups in total. The zero-order chi connectivity index (χ0) is 14.8. The molecular formula is C18H25N3. The van der Waals surface area contributed by atoms with Gasteiger partial charge in [0.05, 0.1) is 6.20 Å². The Balaban J connectivity index is 1.90. The quantitative estimate of drug-likeness (QED) is 0.844. The zero-order valence-corrected chi connectivity index (χ0v) is 13.3. The van der Waals surface area contributed by atoms with E-state index in [4.69, 9.17) is 0 Å². The van der Waals surface area contributed by atoms with Crippen molar-refractivity contribution in [3.63, 3.8) is 0 Å². The number of rotatable bonds is 4. The summed E-state index contributed by atoms with van der Waals surface area (Å²) in [5.41, 5.74) is 5.21. The van der Waals surface area contributed by atoms with E-state index in [1.807, 2.05) is 6.20 Å². The molecule has 0 amide bonds. The summed E-state index contributed by atoms with van der Waals surface area (Å²) in [6.07, 6.45) is 4.68. The number of aromatic nitrogens is 2. The molecule has 112 valence electrons. The third kappa shape index (κ3) is 2.75. The van der Waals surface area contributed by atoms with Crippen LogP contribution in [0.2, 0.25) is 0 Å². The van der Waals surface area contributed by atoms with E-state index >= 15 is 0 Å². The zero-order valence-electron chi connectivity index (χ0n) is 13.3. The van der Waals surface area contributed by atoms with Crippen LogP contribution in [0.15, 0.2) is 30.5 Å². The second kappa shape index (κ2) is 6.02. The fraction of sp³-hybridized carbons (Fsp3) is 0.500. The first-order chi connectivity index (χ1) is 10.2. The van der Waals surface area contributed by atoms with Crippen molar-refractivity contribution in [2.45, 2.75) is 46.2 Å². The molecule has 3 heteroatoms. The average molecular weight is 283 g/mol. The van der Waals surface area contributed by atoms with E-state index in [1.165, 1.54) is 48.3 Å². The largest absolute Gasteiger partial charge is 0.297 e. The Morgan fingerprint density at radius 3 is 2.67 bits per heavy atom. The van der Waals surface area contributed by atoms with Crippen molar-refractivity contribution in [1.82, 2.24) is 14.7 Å². The van der Waals surface area contributed by atoms with Gasteiger partial charge in [0.1, 0.15) is 0 Å². The monoisotopic (exact) mass is 283 g/mol. The van der Waals surface area contributed by atoms with Crippen molar-refractivity contribution in [2.75, 3.05) is 13.1 Å². The van der Waals surface area contributed by atoms with Crippen LogP contribution in [0.4, 0.5) is 0 Å². The minimum absolute atomic E-state index is 0.508. The fourth-order valence-corrected chi connectivity index (χ4v) is 3.35.